The predicted octanol–water partition coefficient (Wildman–Crippen LogP) is 4.37. The van der Waals surface area contributed by atoms with Crippen molar-refractivity contribution < 1.29 is 23.8 Å². The largest absolute Gasteiger partial charge is 0.495 e. The van der Waals surface area contributed by atoms with Crippen LogP contribution < -0.4 is 4.74 Å². The first-order valence-electron chi connectivity index (χ1n) is 8.19. The van der Waals surface area contributed by atoms with Crippen molar-refractivity contribution in [2.75, 3.05) is 14.2 Å². The first-order chi connectivity index (χ1) is 12.3. The lowest BCUT2D eigenvalue weighted by Crippen LogP contribution is -2.27. The quantitative estimate of drug-likeness (QED) is 0.639. The second kappa shape index (κ2) is 6.37. The summed E-state index contributed by atoms with van der Waals surface area (Å²) in [5, 5.41) is 1.53. The lowest BCUT2D eigenvalue weighted by Gasteiger charge is -2.20. The molecule has 0 atom stereocenters. The zero-order valence-corrected chi connectivity index (χ0v) is 15.5. The van der Waals surface area contributed by atoms with Crippen LogP contribution >= 0.6 is 0 Å². The molecular weight excluding hydrogens is 334 g/mol. The maximum absolute atomic E-state index is 12.9. The van der Waals surface area contributed by atoms with Crippen molar-refractivity contribution in [2.45, 2.75) is 26.4 Å². The molecule has 6 heteroatoms. The molecule has 0 saturated carbocycles. The molecule has 6 nitrogen and oxygen atoms in total. The van der Waals surface area contributed by atoms with Gasteiger partial charge in [-0.2, -0.15) is 0 Å². The zero-order valence-electron chi connectivity index (χ0n) is 15.5. The van der Waals surface area contributed by atoms with Crippen molar-refractivity contribution in [1.82, 2.24) is 4.57 Å². The van der Waals surface area contributed by atoms with Gasteiger partial charge < -0.3 is 14.2 Å². The molecule has 0 amide bonds. The Kier molecular flexibility index (Phi) is 4.36. The van der Waals surface area contributed by atoms with Gasteiger partial charge in [0.2, 0.25) is 0 Å². The minimum atomic E-state index is -0.645. The number of carbonyl (C=O) groups is 2. The first kappa shape index (κ1) is 17.8. The normalized spacial score (nSPS) is 11.6. The van der Waals surface area contributed by atoms with Crippen LogP contribution in [0.25, 0.3) is 21.8 Å². The Hall–Kier alpha value is -3.02. The van der Waals surface area contributed by atoms with E-state index in [-0.39, 0.29) is 0 Å². The van der Waals surface area contributed by atoms with Crippen LogP contribution in [-0.4, -0.2) is 36.5 Å². The Balaban J connectivity index is 2.39. The van der Waals surface area contributed by atoms with Crippen LogP contribution in [0.5, 0.6) is 5.75 Å². The molecule has 1 heterocycles. The van der Waals surface area contributed by atoms with Gasteiger partial charge in [-0.25, -0.2) is 14.2 Å². The second-order valence-electron chi connectivity index (χ2n) is 6.90. The molecule has 0 aliphatic heterocycles. The van der Waals surface area contributed by atoms with E-state index in [2.05, 4.69) is 0 Å². The molecule has 0 radical (unpaired) electrons. The number of fused-ring (bicyclic) bond motifs is 3. The fourth-order valence-electron chi connectivity index (χ4n) is 2.95. The highest BCUT2D eigenvalue weighted by molar-refractivity contribution is 6.16. The summed E-state index contributed by atoms with van der Waals surface area (Å²) >= 11 is 0. The molecule has 0 aliphatic rings. The van der Waals surface area contributed by atoms with Gasteiger partial charge in [-0.05, 0) is 39.0 Å². The Labute approximate surface area is 151 Å². The lowest BCUT2D eigenvalue weighted by atomic mass is 10.1. The number of aromatic nitrogens is 1. The van der Waals surface area contributed by atoms with Gasteiger partial charge in [-0.3, -0.25) is 0 Å². The molecule has 0 bridgehead atoms. The van der Waals surface area contributed by atoms with E-state index in [0.717, 1.165) is 5.39 Å². The highest BCUT2D eigenvalue weighted by Gasteiger charge is 2.25. The fraction of sp³-hybridized carbons (Fsp3) is 0.300. The van der Waals surface area contributed by atoms with Crippen LogP contribution in [0.15, 0.2) is 36.4 Å². The van der Waals surface area contributed by atoms with Crippen molar-refractivity contribution in [2.24, 2.45) is 0 Å². The van der Waals surface area contributed by atoms with E-state index in [4.69, 9.17) is 14.2 Å². The molecule has 0 unspecified atom stereocenters. The van der Waals surface area contributed by atoms with Crippen molar-refractivity contribution >= 4 is 33.9 Å². The molecule has 136 valence electrons. The zero-order chi connectivity index (χ0) is 19.1. The summed E-state index contributed by atoms with van der Waals surface area (Å²) in [6.45, 7) is 5.43. The summed E-state index contributed by atoms with van der Waals surface area (Å²) in [4.78, 5) is 24.9. The standard InChI is InChI=1S/C20H21NO5/c1-20(2,3)26-19(23)21-15-9-7-6-8-13(15)14-10-12(18(22)25-5)11-16(24-4)17(14)21/h6-11H,1-5H3. The Bertz CT molecular complexity index is 1010. The molecular formula is C20H21NO5. The number of ether oxygens (including phenoxy) is 3. The van der Waals surface area contributed by atoms with E-state index in [1.165, 1.54) is 18.8 Å². The third-order valence-corrected chi connectivity index (χ3v) is 3.95. The van der Waals surface area contributed by atoms with Crippen molar-refractivity contribution in [3.05, 3.63) is 42.0 Å². The summed E-state index contributed by atoms with van der Waals surface area (Å²) in [5.41, 5.74) is 0.935. The number of rotatable bonds is 2. The predicted molar refractivity (Wildman–Crippen MR) is 99.0 cm³/mol. The van der Waals surface area contributed by atoms with Crippen LogP contribution in [0.1, 0.15) is 31.1 Å². The molecule has 3 aromatic rings. The first-order valence-corrected chi connectivity index (χ1v) is 8.19. The topological polar surface area (TPSA) is 66.8 Å². The summed E-state index contributed by atoms with van der Waals surface area (Å²) in [5.74, 6) is -0.0794. The molecule has 0 fully saturated rings. The third-order valence-electron chi connectivity index (χ3n) is 3.95. The van der Waals surface area contributed by atoms with Gasteiger partial charge in [0.25, 0.3) is 0 Å². The number of methoxy groups -OCH3 is 2. The van der Waals surface area contributed by atoms with Crippen LogP contribution in [-0.2, 0) is 9.47 Å². The van der Waals surface area contributed by atoms with Crippen molar-refractivity contribution in [1.29, 1.82) is 0 Å². The lowest BCUT2D eigenvalue weighted by molar-refractivity contribution is 0.0549. The van der Waals surface area contributed by atoms with Crippen molar-refractivity contribution in [3.63, 3.8) is 0 Å². The molecule has 1 aromatic heterocycles. The van der Waals surface area contributed by atoms with Crippen LogP contribution in [0.2, 0.25) is 0 Å². The SMILES string of the molecule is COC(=O)c1cc(OC)c2c(c1)c1ccccc1n2C(=O)OC(C)(C)C. The number of hydrogen-bond acceptors (Lipinski definition) is 5. The minimum Gasteiger partial charge on any atom is -0.495 e. The highest BCUT2D eigenvalue weighted by atomic mass is 16.6. The molecule has 3 rings (SSSR count). The van der Waals surface area contributed by atoms with Gasteiger partial charge in [0.1, 0.15) is 16.9 Å². The molecule has 0 saturated heterocycles. The van der Waals surface area contributed by atoms with Crippen LogP contribution in [0.3, 0.4) is 0 Å². The molecule has 0 N–H and O–H groups in total. The average Bonchev–Trinajstić information content (AvgIpc) is 2.93. The number of para-hydroxylation sites is 1. The van der Waals surface area contributed by atoms with E-state index < -0.39 is 17.7 Å². The number of benzene rings is 2. The number of hydrogen-bond donors (Lipinski definition) is 0. The van der Waals surface area contributed by atoms with E-state index in [0.29, 0.717) is 27.7 Å². The minimum absolute atomic E-state index is 0.351. The van der Waals surface area contributed by atoms with Crippen LogP contribution in [0.4, 0.5) is 4.79 Å². The van der Waals surface area contributed by atoms with Gasteiger partial charge in [0.05, 0.1) is 25.3 Å². The summed E-state index contributed by atoms with van der Waals surface area (Å²) < 4.78 is 17.4. The van der Waals surface area contributed by atoms with E-state index in [9.17, 15) is 9.59 Å². The highest BCUT2D eigenvalue weighted by Crippen LogP contribution is 2.36. The number of nitrogens with zero attached hydrogens (tertiary/aromatic N) is 1. The molecule has 26 heavy (non-hydrogen) atoms. The average molecular weight is 355 g/mol. The smallest absolute Gasteiger partial charge is 0.419 e. The van der Waals surface area contributed by atoms with Gasteiger partial charge >= 0.3 is 12.1 Å². The monoisotopic (exact) mass is 355 g/mol. The van der Waals surface area contributed by atoms with Crippen LogP contribution in [0, 0.1) is 0 Å². The molecule has 0 spiro atoms. The van der Waals surface area contributed by atoms with E-state index in [1.54, 1.807) is 12.1 Å². The van der Waals surface area contributed by atoms with Gasteiger partial charge in [-0.15, -0.1) is 0 Å². The van der Waals surface area contributed by atoms with Gasteiger partial charge in [0.15, 0.2) is 0 Å². The maximum Gasteiger partial charge on any atom is 0.419 e. The van der Waals surface area contributed by atoms with Gasteiger partial charge in [-0.1, -0.05) is 18.2 Å². The molecule has 2 aromatic carbocycles. The van der Waals surface area contributed by atoms with Crippen molar-refractivity contribution in [3.8, 4) is 5.75 Å². The Morgan fingerprint density at radius 2 is 1.69 bits per heavy atom. The third kappa shape index (κ3) is 2.98. The van der Waals surface area contributed by atoms with Gasteiger partial charge in [0, 0.05) is 10.8 Å². The van der Waals surface area contributed by atoms with E-state index >= 15 is 0 Å². The number of esters is 1. The molecule has 0 aliphatic carbocycles. The fourth-order valence-corrected chi connectivity index (χ4v) is 2.95. The number of carbonyl (C=O) groups excluding carboxylic acids is 2. The maximum atomic E-state index is 12.9. The second-order valence-corrected chi connectivity index (χ2v) is 6.90. The Morgan fingerprint density at radius 3 is 2.31 bits per heavy atom. The Morgan fingerprint density at radius 1 is 1.00 bits per heavy atom. The van der Waals surface area contributed by atoms with E-state index in [1.807, 2.05) is 45.0 Å². The summed E-state index contributed by atoms with van der Waals surface area (Å²) in [7, 11) is 2.82. The summed E-state index contributed by atoms with van der Waals surface area (Å²) in [6.07, 6.45) is -0.507. The summed E-state index contributed by atoms with van der Waals surface area (Å²) in [6, 6.07) is 10.7.